The number of nitrogens with zero attached hydrogens (tertiary/aromatic N) is 3. The Balaban J connectivity index is 1.66. The molecule has 4 rings (SSSR count). The van der Waals surface area contributed by atoms with Crippen LogP contribution in [0.3, 0.4) is 0 Å². The maximum absolute atomic E-state index is 13.0. The van der Waals surface area contributed by atoms with E-state index in [9.17, 15) is 4.79 Å². The minimum Gasteiger partial charge on any atom is -0.390 e. The largest absolute Gasteiger partial charge is 0.390 e. The van der Waals surface area contributed by atoms with E-state index in [1.54, 1.807) is 18.5 Å². The maximum Gasteiger partial charge on any atom is 0.260 e. The molecule has 0 bridgehead atoms. The van der Waals surface area contributed by atoms with Gasteiger partial charge in [-0.05, 0) is 31.0 Å². The Bertz CT molecular complexity index is 1010. The molecule has 1 fully saturated rings. The second kappa shape index (κ2) is 7.30. The number of piperidine rings is 1. The third-order valence-electron chi connectivity index (χ3n) is 4.60. The number of hydrogen-bond acceptors (Lipinski definition) is 7. The second-order valence-electron chi connectivity index (χ2n) is 6.52. The molecule has 4 heterocycles. The summed E-state index contributed by atoms with van der Waals surface area (Å²) in [6.45, 7) is 1.63. The summed E-state index contributed by atoms with van der Waals surface area (Å²) in [6, 6.07) is 5.50. The lowest BCUT2D eigenvalue weighted by Gasteiger charge is -2.33. The minimum absolute atomic E-state index is 0.123. The molecule has 0 unspecified atom stereocenters. The van der Waals surface area contributed by atoms with Gasteiger partial charge in [-0.2, -0.15) is 0 Å². The van der Waals surface area contributed by atoms with Gasteiger partial charge in [-0.3, -0.25) is 9.78 Å². The van der Waals surface area contributed by atoms with Gasteiger partial charge in [0.1, 0.15) is 15.7 Å². The molecule has 27 heavy (non-hydrogen) atoms. The van der Waals surface area contributed by atoms with Gasteiger partial charge in [0.05, 0.1) is 27.8 Å². The van der Waals surface area contributed by atoms with Crippen molar-refractivity contribution in [1.29, 1.82) is 0 Å². The molecule has 3 aromatic heterocycles. The van der Waals surface area contributed by atoms with Crippen LogP contribution in [-0.4, -0.2) is 35.0 Å². The molecule has 9 heteroatoms. The summed E-state index contributed by atoms with van der Waals surface area (Å²) in [5.41, 5.74) is 14.6. The number of nitrogen functional groups attached to an aromatic ring is 1. The van der Waals surface area contributed by atoms with E-state index in [1.165, 1.54) is 11.3 Å². The average molecular weight is 403 g/mol. The molecule has 140 valence electrons. The zero-order valence-corrected chi connectivity index (χ0v) is 16.1. The third kappa shape index (κ3) is 3.55. The topological polar surface area (TPSA) is 110 Å². The van der Waals surface area contributed by atoms with Crippen LogP contribution in [0, 0.1) is 0 Å². The Morgan fingerprint density at radius 1 is 1.37 bits per heavy atom. The number of carbonyl (C=O) groups is 1. The number of carbonyl (C=O) groups excluding carboxylic acids is 1. The molecular formula is C18H19ClN6OS. The summed E-state index contributed by atoms with van der Waals surface area (Å²) in [4.78, 5) is 23.6. The van der Waals surface area contributed by atoms with Crippen molar-refractivity contribution in [2.75, 3.05) is 29.0 Å². The van der Waals surface area contributed by atoms with Gasteiger partial charge in [-0.15, -0.1) is 11.3 Å². The number of amides is 1. The van der Waals surface area contributed by atoms with E-state index >= 15 is 0 Å². The van der Waals surface area contributed by atoms with Gasteiger partial charge in [0, 0.05) is 25.3 Å². The highest BCUT2D eigenvalue weighted by Gasteiger charge is 2.23. The first-order valence-electron chi connectivity index (χ1n) is 8.63. The van der Waals surface area contributed by atoms with Crippen LogP contribution in [0.15, 0.2) is 30.6 Å². The number of rotatable bonds is 3. The number of nitrogens with two attached hydrogens (primary N) is 2. The van der Waals surface area contributed by atoms with Crippen molar-refractivity contribution in [3.8, 4) is 0 Å². The van der Waals surface area contributed by atoms with E-state index in [-0.39, 0.29) is 11.9 Å². The van der Waals surface area contributed by atoms with Crippen molar-refractivity contribution in [3.63, 3.8) is 0 Å². The fourth-order valence-electron chi connectivity index (χ4n) is 3.36. The molecule has 0 saturated carbocycles. The normalized spacial score (nSPS) is 17.3. The summed E-state index contributed by atoms with van der Waals surface area (Å²) < 4.78 is 0.815. The number of hydrogen-bond donors (Lipinski definition) is 3. The SMILES string of the molecule is Nc1sc2ccc(Cl)nc2c1C(=O)Nc1cnccc1N1CCC[C@@H](N)C1. The lowest BCUT2D eigenvalue weighted by molar-refractivity contribution is 0.102. The molecule has 7 nitrogen and oxygen atoms in total. The van der Waals surface area contributed by atoms with Gasteiger partial charge in [-0.25, -0.2) is 4.98 Å². The number of anilines is 3. The summed E-state index contributed by atoms with van der Waals surface area (Å²) in [5.74, 6) is -0.330. The van der Waals surface area contributed by atoms with E-state index < -0.39 is 0 Å². The summed E-state index contributed by atoms with van der Waals surface area (Å²) in [6.07, 6.45) is 5.37. The number of fused-ring (bicyclic) bond motifs is 1. The number of halogens is 1. The van der Waals surface area contributed by atoms with Gasteiger partial charge >= 0.3 is 0 Å². The van der Waals surface area contributed by atoms with Gasteiger partial charge in [0.25, 0.3) is 5.91 Å². The Hall–Kier alpha value is -2.42. The lowest BCUT2D eigenvalue weighted by Crippen LogP contribution is -2.43. The van der Waals surface area contributed by atoms with Crippen LogP contribution in [0.5, 0.6) is 0 Å². The standard InChI is InChI=1S/C18H19ClN6OS/c19-14-4-3-13-16(24-14)15(17(21)27-13)18(26)23-11-8-22-6-5-12(11)25-7-1-2-10(20)9-25/h3-6,8,10H,1-2,7,9,20-21H2,(H,23,26)/t10-/m1/s1. The Kier molecular flexibility index (Phi) is 4.86. The van der Waals surface area contributed by atoms with Crippen LogP contribution in [0.25, 0.3) is 10.2 Å². The number of aromatic nitrogens is 2. The Morgan fingerprint density at radius 3 is 3.04 bits per heavy atom. The van der Waals surface area contributed by atoms with E-state index in [0.717, 1.165) is 36.3 Å². The molecule has 1 amide bonds. The minimum atomic E-state index is -0.330. The van der Waals surface area contributed by atoms with E-state index in [0.29, 0.717) is 26.9 Å². The maximum atomic E-state index is 13.0. The molecular weight excluding hydrogens is 384 g/mol. The molecule has 0 radical (unpaired) electrons. The highest BCUT2D eigenvalue weighted by atomic mass is 35.5. The van der Waals surface area contributed by atoms with Crippen LogP contribution < -0.4 is 21.7 Å². The summed E-state index contributed by atoms with van der Waals surface area (Å²) in [5, 5.41) is 3.66. The predicted molar refractivity (Wildman–Crippen MR) is 111 cm³/mol. The van der Waals surface area contributed by atoms with Crippen LogP contribution in [0.4, 0.5) is 16.4 Å². The zero-order chi connectivity index (χ0) is 19.0. The molecule has 1 aliphatic rings. The van der Waals surface area contributed by atoms with Gasteiger partial charge in [-0.1, -0.05) is 11.6 Å². The quantitative estimate of drug-likeness (QED) is 0.580. The molecule has 0 aromatic carbocycles. The van der Waals surface area contributed by atoms with Gasteiger partial charge < -0.3 is 21.7 Å². The Labute approximate surface area is 165 Å². The monoisotopic (exact) mass is 402 g/mol. The van der Waals surface area contributed by atoms with Gasteiger partial charge in [0.15, 0.2) is 0 Å². The van der Waals surface area contributed by atoms with Crippen LogP contribution >= 0.6 is 22.9 Å². The second-order valence-corrected chi connectivity index (χ2v) is 7.99. The zero-order valence-electron chi connectivity index (χ0n) is 14.5. The van der Waals surface area contributed by atoms with E-state index in [1.807, 2.05) is 12.1 Å². The van der Waals surface area contributed by atoms with Crippen molar-refractivity contribution >= 4 is 55.4 Å². The van der Waals surface area contributed by atoms with Crippen molar-refractivity contribution < 1.29 is 4.79 Å². The summed E-state index contributed by atoms with van der Waals surface area (Å²) in [7, 11) is 0. The first-order valence-corrected chi connectivity index (χ1v) is 9.83. The highest BCUT2D eigenvalue weighted by Crippen LogP contribution is 2.34. The smallest absolute Gasteiger partial charge is 0.260 e. The van der Waals surface area contributed by atoms with Crippen LogP contribution in [0.2, 0.25) is 5.15 Å². The van der Waals surface area contributed by atoms with E-state index in [4.69, 9.17) is 23.1 Å². The number of pyridine rings is 2. The average Bonchev–Trinajstić information content (AvgIpc) is 2.97. The molecule has 1 atom stereocenters. The van der Waals surface area contributed by atoms with Crippen molar-refractivity contribution in [3.05, 3.63) is 41.3 Å². The fourth-order valence-corrected chi connectivity index (χ4v) is 4.42. The molecule has 3 aromatic rings. The third-order valence-corrected chi connectivity index (χ3v) is 5.78. The van der Waals surface area contributed by atoms with Crippen molar-refractivity contribution in [2.45, 2.75) is 18.9 Å². The molecule has 1 aliphatic heterocycles. The first-order chi connectivity index (χ1) is 13.0. The number of nitrogens with one attached hydrogen (secondary N) is 1. The molecule has 1 saturated heterocycles. The molecule has 0 spiro atoms. The lowest BCUT2D eigenvalue weighted by atomic mass is 10.1. The Morgan fingerprint density at radius 2 is 2.22 bits per heavy atom. The predicted octanol–water partition coefficient (Wildman–Crippen LogP) is 3.11. The molecule has 0 aliphatic carbocycles. The first kappa shape index (κ1) is 18.0. The summed E-state index contributed by atoms with van der Waals surface area (Å²) >= 11 is 7.31. The van der Waals surface area contributed by atoms with Crippen LogP contribution in [0.1, 0.15) is 23.2 Å². The number of thiophene rings is 1. The fraction of sp³-hybridized carbons (Fsp3) is 0.278. The molecule has 5 N–H and O–H groups in total. The van der Waals surface area contributed by atoms with Crippen molar-refractivity contribution in [2.24, 2.45) is 5.73 Å². The van der Waals surface area contributed by atoms with E-state index in [2.05, 4.69) is 20.2 Å². The van der Waals surface area contributed by atoms with Crippen molar-refractivity contribution in [1.82, 2.24) is 9.97 Å². The highest BCUT2D eigenvalue weighted by molar-refractivity contribution is 7.23. The van der Waals surface area contributed by atoms with Crippen LogP contribution in [-0.2, 0) is 0 Å². The van der Waals surface area contributed by atoms with Gasteiger partial charge in [0.2, 0.25) is 0 Å².